The molecule has 5 rings (SSSR count). The van der Waals surface area contributed by atoms with Crippen LogP contribution in [-0.4, -0.2) is 28.5 Å². The van der Waals surface area contributed by atoms with Gasteiger partial charge in [0.15, 0.2) is 6.23 Å². The Hall–Kier alpha value is -3.39. The first-order valence-corrected chi connectivity index (χ1v) is 11.1. The Morgan fingerprint density at radius 1 is 1.09 bits per heavy atom. The Morgan fingerprint density at radius 2 is 1.84 bits per heavy atom. The first-order valence-electron chi connectivity index (χ1n) is 10.3. The van der Waals surface area contributed by atoms with E-state index in [1.54, 1.807) is 17.0 Å². The molecule has 0 spiro atoms. The van der Waals surface area contributed by atoms with Gasteiger partial charge in [-0.2, -0.15) is 0 Å². The summed E-state index contributed by atoms with van der Waals surface area (Å²) in [6, 6.07) is 21.4. The molecule has 32 heavy (non-hydrogen) atoms. The maximum Gasteiger partial charge on any atom is 0.269 e. The Balaban J connectivity index is 1.48. The van der Waals surface area contributed by atoms with Crippen LogP contribution in [0.25, 0.3) is 0 Å². The fourth-order valence-corrected chi connectivity index (χ4v) is 4.89. The number of hydrogen-bond donors (Lipinski definition) is 1. The number of nitrogens with one attached hydrogen (secondary N) is 1. The summed E-state index contributed by atoms with van der Waals surface area (Å²) in [5.41, 5.74) is 2.45. The first-order chi connectivity index (χ1) is 15.5. The summed E-state index contributed by atoms with van der Waals surface area (Å²) in [5.74, 6) is 0.703. The molecule has 7 nitrogen and oxygen atoms in total. The van der Waals surface area contributed by atoms with Crippen LogP contribution in [0.5, 0.6) is 5.75 Å². The van der Waals surface area contributed by atoms with E-state index in [4.69, 9.17) is 4.74 Å². The number of amides is 1. The van der Waals surface area contributed by atoms with Gasteiger partial charge in [0.1, 0.15) is 5.75 Å². The summed E-state index contributed by atoms with van der Waals surface area (Å²) >= 11 is 3.54. The number of benzene rings is 3. The molecule has 1 N–H and O–H groups in total. The monoisotopic (exact) mass is 493 g/mol. The van der Waals surface area contributed by atoms with E-state index < -0.39 is 11.2 Å². The summed E-state index contributed by atoms with van der Waals surface area (Å²) in [6.45, 7) is 0.594. The van der Waals surface area contributed by atoms with Crippen LogP contribution in [0.1, 0.15) is 28.4 Å². The highest BCUT2D eigenvalue weighted by molar-refractivity contribution is 9.10. The highest BCUT2D eigenvalue weighted by Gasteiger charge is 2.47. The van der Waals surface area contributed by atoms with Crippen LogP contribution >= 0.6 is 15.9 Å². The third-order valence-electron chi connectivity index (χ3n) is 6.04. The molecule has 0 aromatic heterocycles. The van der Waals surface area contributed by atoms with Gasteiger partial charge in [-0.3, -0.25) is 14.9 Å². The van der Waals surface area contributed by atoms with E-state index in [2.05, 4.69) is 21.2 Å². The number of fused-ring (bicyclic) bond motifs is 2. The predicted molar refractivity (Wildman–Crippen MR) is 124 cm³/mol. The molecule has 0 bridgehead atoms. The van der Waals surface area contributed by atoms with Gasteiger partial charge in [0.05, 0.1) is 11.0 Å². The van der Waals surface area contributed by atoms with Gasteiger partial charge in [-0.1, -0.05) is 34.1 Å². The minimum Gasteiger partial charge on any atom is -0.470 e. The van der Waals surface area contributed by atoms with Crippen LogP contribution in [0.3, 0.4) is 0 Å². The molecule has 0 saturated carbocycles. The van der Waals surface area contributed by atoms with E-state index >= 15 is 0 Å². The number of likely N-dealkylation sites (tertiary alicyclic amines) is 1. The lowest BCUT2D eigenvalue weighted by Crippen LogP contribution is -2.46. The Kier molecular flexibility index (Phi) is 5.30. The van der Waals surface area contributed by atoms with Crippen molar-refractivity contribution in [1.29, 1.82) is 0 Å². The lowest BCUT2D eigenvalue weighted by atomic mass is 9.88. The minimum absolute atomic E-state index is 0.0275. The van der Waals surface area contributed by atoms with Gasteiger partial charge in [0.2, 0.25) is 0 Å². The quantitative estimate of drug-likeness (QED) is 0.388. The van der Waals surface area contributed by atoms with E-state index in [1.165, 1.54) is 12.1 Å². The average molecular weight is 494 g/mol. The third-order valence-corrected chi connectivity index (χ3v) is 6.53. The number of rotatable bonds is 4. The van der Waals surface area contributed by atoms with E-state index in [0.29, 0.717) is 12.1 Å². The molecule has 3 aromatic rings. The number of anilines is 1. The van der Waals surface area contributed by atoms with E-state index in [1.807, 2.05) is 48.5 Å². The number of nitro benzene ring substituents is 1. The van der Waals surface area contributed by atoms with Gasteiger partial charge in [-0.05, 0) is 48.9 Å². The molecule has 1 amide bonds. The van der Waals surface area contributed by atoms with Crippen molar-refractivity contribution in [2.75, 3.05) is 11.9 Å². The van der Waals surface area contributed by atoms with Crippen LogP contribution in [0, 0.1) is 16.0 Å². The molecule has 162 valence electrons. The van der Waals surface area contributed by atoms with Crippen molar-refractivity contribution in [3.8, 4) is 5.75 Å². The molecule has 2 aliphatic heterocycles. The minimum atomic E-state index is -0.412. The molecule has 0 unspecified atom stereocenters. The van der Waals surface area contributed by atoms with Crippen LogP contribution in [0.15, 0.2) is 77.3 Å². The number of carbonyl (C=O) groups excluding carboxylic acids is 1. The second kappa shape index (κ2) is 8.27. The molecule has 3 aromatic carbocycles. The molecule has 8 heteroatoms. The number of ether oxygens (including phenoxy) is 1. The lowest BCUT2D eigenvalue weighted by molar-refractivity contribution is -0.384. The third kappa shape index (κ3) is 3.71. The van der Waals surface area contributed by atoms with Crippen molar-refractivity contribution in [3.63, 3.8) is 0 Å². The molecule has 1 fully saturated rings. The van der Waals surface area contributed by atoms with Crippen molar-refractivity contribution < 1.29 is 14.5 Å². The van der Waals surface area contributed by atoms with Crippen LogP contribution in [0.4, 0.5) is 11.4 Å². The fraction of sp³-hybridized carbons (Fsp3) is 0.208. The number of carbonyl (C=O) groups is 1. The topological polar surface area (TPSA) is 84.7 Å². The zero-order chi connectivity index (χ0) is 22.2. The zero-order valence-electron chi connectivity index (χ0n) is 17.0. The normalized spacial score (nSPS) is 21.3. The van der Waals surface area contributed by atoms with Gasteiger partial charge in [0.25, 0.3) is 11.6 Å². The number of halogens is 1. The predicted octanol–water partition coefficient (Wildman–Crippen LogP) is 5.39. The number of hydrogen-bond acceptors (Lipinski definition) is 5. The molecule has 2 heterocycles. The van der Waals surface area contributed by atoms with Gasteiger partial charge >= 0.3 is 0 Å². The summed E-state index contributed by atoms with van der Waals surface area (Å²) in [5, 5.41) is 14.5. The van der Waals surface area contributed by atoms with Crippen molar-refractivity contribution in [1.82, 2.24) is 4.90 Å². The van der Waals surface area contributed by atoms with Crippen molar-refractivity contribution in [3.05, 3.63) is 98.5 Å². The molecule has 0 aliphatic carbocycles. The van der Waals surface area contributed by atoms with E-state index in [-0.39, 0.29) is 23.6 Å². The second-order valence-electron chi connectivity index (χ2n) is 7.93. The summed E-state index contributed by atoms with van der Waals surface area (Å²) in [6.07, 6.45) is 0.381. The van der Waals surface area contributed by atoms with Crippen molar-refractivity contribution in [2.45, 2.75) is 18.7 Å². The Morgan fingerprint density at radius 3 is 2.56 bits per heavy atom. The Bertz CT molecular complexity index is 1170. The zero-order valence-corrected chi connectivity index (χ0v) is 18.6. The van der Waals surface area contributed by atoms with Gasteiger partial charge in [0, 0.05) is 45.9 Å². The average Bonchev–Trinajstić information content (AvgIpc) is 3.23. The lowest BCUT2D eigenvalue weighted by Gasteiger charge is -2.39. The Labute approximate surface area is 193 Å². The standard InChI is InChI=1S/C24H20BrN3O4/c25-16-6-11-21-20(14-16)22(26-17-7-9-18(10-8-17)28(30)31)19-12-13-27(24(19)32-21)23(29)15-4-2-1-3-5-15/h1-11,14,19,22,24,26H,12-13H2/t19-,22+,24+/m1/s1. The number of nitrogens with zero attached hydrogens (tertiary/aromatic N) is 2. The van der Waals surface area contributed by atoms with Crippen LogP contribution < -0.4 is 10.1 Å². The molecule has 3 atom stereocenters. The van der Waals surface area contributed by atoms with E-state index in [0.717, 1.165) is 27.9 Å². The van der Waals surface area contributed by atoms with Crippen molar-refractivity contribution in [2.24, 2.45) is 5.92 Å². The highest BCUT2D eigenvalue weighted by Crippen LogP contribution is 2.47. The van der Waals surface area contributed by atoms with Gasteiger partial charge < -0.3 is 15.0 Å². The summed E-state index contributed by atoms with van der Waals surface area (Å²) < 4.78 is 7.27. The molecule has 2 aliphatic rings. The summed E-state index contributed by atoms with van der Waals surface area (Å²) in [7, 11) is 0. The fourth-order valence-electron chi connectivity index (χ4n) is 4.51. The highest BCUT2D eigenvalue weighted by atomic mass is 79.9. The maximum atomic E-state index is 13.2. The molecule has 0 radical (unpaired) electrons. The van der Waals surface area contributed by atoms with Crippen LogP contribution in [-0.2, 0) is 0 Å². The maximum absolute atomic E-state index is 13.2. The molecular weight excluding hydrogens is 474 g/mol. The first kappa shape index (κ1) is 20.5. The number of non-ortho nitro benzene ring substituents is 1. The largest absolute Gasteiger partial charge is 0.470 e. The smallest absolute Gasteiger partial charge is 0.269 e. The summed E-state index contributed by atoms with van der Waals surface area (Å²) in [4.78, 5) is 25.6. The van der Waals surface area contributed by atoms with Crippen molar-refractivity contribution >= 4 is 33.2 Å². The number of nitro groups is 1. The second-order valence-corrected chi connectivity index (χ2v) is 8.85. The molecule has 1 saturated heterocycles. The van der Waals surface area contributed by atoms with Crippen LogP contribution in [0.2, 0.25) is 0 Å². The van der Waals surface area contributed by atoms with Gasteiger partial charge in [-0.15, -0.1) is 0 Å². The SMILES string of the molecule is O=C(c1ccccc1)N1CC[C@@H]2[C@H](Nc3ccc([N+](=O)[O-])cc3)c3cc(Br)ccc3O[C@@H]21. The van der Waals surface area contributed by atoms with E-state index in [9.17, 15) is 14.9 Å². The molecular formula is C24H20BrN3O4. The van der Waals surface area contributed by atoms with Gasteiger partial charge in [-0.25, -0.2) is 0 Å².